The van der Waals surface area contributed by atoms with Gasteiger partial charge in [0.15, 0.2) is 0 Å². The molecule has 1 aromatic carbocycles. The number of nitrogens with one attached hydrogen (secondary N) is 1. The lowest BCUT2D eigenvalue weighted by atomic mass is 9.80. The zero-order chi connectivity index (χ0) is 17.6. The third kappa shape index (κ3) is 2.67. The molecule has 7 heteroatoms. The molecule has 1 aliphatic carbocycles. The third-order valence-corrected chi connectivity index (χ3v) is 4.71. The Labute approximate surface area is 143 Å². The molecule has 1 saturated carbocycles. The van der Waals surface area contributed by atoms with Crippen LogP contribution in [-0.2, 0) is 7.05 Å². The summed E-state index contributed by atoms with van der Waals surface area (Å²) in [5.41, 5.74) is 2.61. The zero-order valence-electron chi connectivity index (χ0n) is 13.7. The number of rotatable bonds is 4. The van der Waals surface area contributed by atoms with E-state index in [2.05, 4.69) is 10.4 Å². The van der Waals surface area contributed by atoms with E-state index in [9.17, 15) is 9.59 Å². The number of nitrogens with zero attached hydrogens (tertiary/aromatic N) is 2. The molecule has 4 rings (SSSR count). The lowest BCUT2D eigenvalue weighted by Crippen LogP contribution is -2.20. The second-order valence-corrected chi connectivity index (χ2v) is 6.32. The highest BCUT2D eigenvalue weighted by molar-refractivity contribution is 6.05. The number of anilines is 1. The molecule has 2 heterocycles. The van der Waals surface area contributed by atoms with Gasteiger partial charge in [0.1, 0.15) is 11.3 Å². The molecular weight excluding hydrogens is 322 g/mol. The maximum absolute atomic E-state index is 12.7. The van der Waals surface area contributed by atoms with Crippen LogP contribution in [0.5, 0.6) is 0 Å². The van der Waals surface area contributed by atoms with E-state index in [0.717, 1.165) is 18.4 Å². The molecule has 0 atom stereocenters. The quantitative estimate of drug-likeness (QED) is 0.759. The van der Waals surface area contributed by atoms with E-state index in [1.807, 2.05) is 0 Å². The van der Waals surface area contributed by atoms with Crippen LogP contribution in [0.4, 0.5) is 5.69 Å². The molecule has 0 spiro atoms. The fourth-order valence-corrected chi connectivity index (χ4v) is 3.17. The Bertz CT molecular complexity index is 982. The molecule has 7 nitrogen and oxygen atoms in total. The van der Waals surface area contributed by atoms with Crippen molar-refractivity contribution in [2.45, 2.75) is 25.2 Å². The van der Waals surface area contributed by atoms with E-state index in [1.165, 1.54) is 12.5 Å². The van der Waals surface area contributed by atoms with Gasteiger partial charge in [-0.25, -0.2) is 4.79 Å². The molecule has 3 aromatic rings. The van der Waals surface area contributed by atoms with Crippen molar-refractivity contribution in [1.29, 1.82) is 0 Å². The normalized spacial score (nSPS) is 14.4. The molecule has 2 N–H and O–H groups in total. The maximum Gasteiger partial charge on any atom is 0.371 e. The van der Waals surface area contributed by atoms with Gasteiger partial charge in [-0.2, -0.15) is 5.10 Å². The monoisotopic (exact) mass is 339 g/mol. The van der Waals surface area contributed by atoms with Gasteiger partial charge in [-0.15, -0.1) is 0 Å². The highest BCUT2D eigenvalue weighted by atomic mass is 16.4. The van der Waals surface area contributed by atoms with Crippen LogP contribution in [0.15, 0.2) is 34.9 Å². The van der Waals surface area contributed by atoms with E-state index in [0.29, 0.717) is 28.3 Å². The van der Waals surface area contributed by atoms with Gasteiger partial charge in [-0.3, -0.25) is 9.48 Å². The Kier molecular flexibility index (Phi) is 3.56. The van der Waals surface area contributed by atoms with E-state index in [-0.39, 0.29) is 11.7 Å². The van der Waals surface area contributed by atoms with E-state index >= 15 is 0 Å². The van der Waals surface area contributed by atoms with Crippen LogP contribution in [0.3, 0.4) is 0 Å². The number of carboxylic acids is 1. The van der Waals surface area contributed by atoms with E-state index < -0.39 is 5.97 Å². The highest BCUT2D eigenvalue weighted by Crippen LogP contribution is 2.38. The molecule has 2 aromatic heterocycles. The largest absolute Gasteiger partial charge is 0.475 e. The van der Waals surface area contributed by atoms with Crippen LogP contribution in [0.25, 0.3) is 11.0 Å². The van der Waals surface area contributed by atoms with Crippen molar-refractivity contribution in [2.24, 2.45) is 7.05 Å². The number of aryl methyl sites for hydroxylation is 1. The smallest absolute Gasteiger partial charge is 0.371 e. The van der Waals surface area contributed by atoms with Gasteiger partial charge in [0.05, 0.1) is 6.20 Å². The van der Waals surface area contributed by atoms with Crippen molar-refractivity contribution in [3.63, 3.8) is 0 Å². The summed E-state index contributed by atoms with van der Waals surface area (Å²) < 4.78 is 6.83. The SMILES string of the molecule is Cn1ncc(C2CCC2)c1C(=O)Nc1ccc2oc(C(=O)O)cc2c1. The number of aromatic carboxylic acids is 1. The van der Waals surface area contributed by atoms with E-state index in [4.69, 9.17) is 9.52 Å². The molecule has 0 aliphatic heterocycles. The van der Waals surface area contributed by atoms with Crippen LogP contribution in [0.1, 0.15) is 51.8 Å². The number of carbonyl (C=O) groups is 2. The standard InChI is InChI=1S/C18H17N3O4/c1-21-16(13(9-19-21)10-3-2-4-10)17(22)20-12-5-6-14-11(7-12)8-15(25-14)18(23)24/h5-10H,2-4H2,1H3,(H,20,22)(H,23,24). The second kappa shape index (κ2) is 5.77. The van der Waals surface area contributed by atoms with Gasteiger partial charge in [-0.1, -0.05) is 6.42 Å². The lowest BCUT2D eigenvalue weighted by Gasteiger charge is -2.25. The molecule has 1 fully saturated rings. The van der Waals surface area contributed by atoms with Gasteiger partial charge in [0.25, 0.3) is 5.91 Å². The number of hydrogen-bond donors (Lipinski definition) is 2. The minimum Gasteiger partial charge on any atom is -0.475 e. The summed E-state index contributed by atoms with van der Waals surface area (Å²) in [6.45, 7) is 0. The summed E-state index contributed by atoms with van der Waals surface area (Å²) in [5, 5.41) is 16.7. The maximum atomic E-state index is 12.7. The fourth-order valence-electron chi connectivity index (χ4n) is 3.17. The molecule has 1 amide bonds. The Morgan fingerprint density at radius 1 is 1.32 bits per heavy atom. The summed E-state index contributed by atoms with van der Waals surface area (Å²) in [5.74, 6) is -1.06. The molecular formula is C18H17N3O4. The Morgan fingerprint density at radius 3 is 2.80 bits per heavy atom. The number of carbonyl (C=O) groups excluding carboxylic acids is 1. The summed E-state index contributed by atoms with van der Waals surface area (Å²) >= 11 is 0. The second-order valence-electron chi connectivity index (χ2n) is 6.32. The predicted molar refractivity (Wildman–Crippen MR) is 90.9 cm³/mol. The first kappa shape index (κ1) is 15.4. The summed E-state index contributed by atoms with van der Waals surface area (Å²) in [7, 11) is 1.76. The van der Waals surface area contributed by atoms with Gasteiger partial charge in [0.2, 0.25) is 5.76 Å². The third-order valence-electron chi connectivity index (χ3n) is 4.71. The molecule has 128 valence electrons. The Hall–Kier alpha value is -3.09. The van der Waals surface area contributed by atoms with Crippen molar-refractivity contribution < 1.29 is 19.1 Å². The van der Waals surface area contributed by atoms with Crippen molar-refractivity contribution in [3.8, 4) is 0 Å². The lowest BCUT2D eigenvalue weighted by molar-refractivity contribution is 0.0665. The van der Waals surface area contributed by atoms with Crippen LogP contribution in [0, 0.1) is 0 Å². The average molecular weight is 339 g/mol. The van der Waals surface area contributed by atoms with Crippen LogP contribution >= 0.6 is 0 Å². The minimum atomic E-state index is -1.12. The number of aromatic nitrogens is 2. The highest BCUT2D eigenvalue weighted by Gasteiger charge is 2.27. The number of amides is 1. The summed E-state index contributed by atoms with van der Waals surface area (Å²) in [6.07, 6.45) is 5.14. The van der Waals surface area contributed by atoms with Crippen LogP contribution in [-0.4, -0.2) is 26.8 Å². The van der Waals surface area contributed by atoms with E-state index in [1.54, 1.807) is 36.1 Å². The minimum absolute atomic E-state index is 0.127. The topological polar surface area (TPSA) is 97.4 Å². The summed E-state index contributed by atoms with van der Waals surface area (Å²) in [6, 6.07) is 6.47. The predicted octanol–water partition coefficient (Wildman–Crippen LogP) is 3.38. The van der Waals surface area contributed by atoms with Gasteiger partial charge < -0.3 is 14.8 Å². The first-order chi connectivity index (χ1) is 12.0. The Balaban J connectivity index is 1.61. The van der Waals surface area contributed by atoms with Crippen molar-refractivity contribution in [3.05, 3.63) is 47.5 Å². The first-order valence-corrected chi connectivity index (χ1v) is 8.13. The fraction of sp³-hybridized carbons (Fsp3) is 0.278. The molecule has 0 radical (unpaired) electrons. The molecule has 1 aliphatic rings. The number of fused-ring (bicyclic) bond motifs is 1. The number of benzene rings is 1. The van der Waals surface area contributed by atoms with Gasteiger partial charge >= 0.3 is 5.97 Å². The summed E-state index contributed by atoms with van der Waals surface area (Å²) in [4.78, 5) is 23.7. The van der Waals surface area contributed by atoms with Crippen molar-refractivity contribution in [2.75, 3.05) is 5.32 Å². The van der Waals surface area contributed by atoms with Gasteiger partial charge in [-0.05, 0) is 43.0 Å². The molecule has 0 unspecified atom stereocenters. The van der Waals surface area contributed by atoms with Crippen LogP contribution in [0.2, 0.25) is 0 Å². The van der Waals surface area contributed by atoms with Crippen molar-refractivity contribution in [1.82, 2.24) is 9.78 Å². The first-order valence-electron chi connectivity index (χ1n) is 8.13. The zero-order valence-corrected chi connectivity index (χ0v) is 13.7. The number of hydrogen-bond acceptors (Lipinski definition) is 4. The molecule has 0 bridgehead atoms. The average Bonchev–Trinajstić information content (AvgIpc) is 3.09. The van der Waals surface area contributed by atoms with Crippen molar-refractivity contribution >= 4 is 28.5 Å². The van der Waals surface area contributed by atoms with Gasteiger partial charge in [0, 0.05) is 23.7 Å². The van der Waals surface area contributed by atoms with Crippen LogP contribution < -0.4 is 5.32 Å². The number of furan rings is 1. The Morgan fingerprint density at radius 2 is 2.12 bits per heavy atom. The molecule has 25 heavy (non-hydrogen) atoms. The number of carboxylic acid groups (broad SMARTS) is 1. The molecule has 0 saturated heterocycles.